The number of amides is 1. The van der Waals surface area contributed by atoms with Crippen LogP contribution in [0, 0.1) is 16.7 Å². The zero-order valence-electron chi connectivity index (χ0n) is 33.9. The predicted molar refractivity (Wildman–Crippen MR) is 204 cm³/mol. The summed E-state index contributed by atoms with van der Waals surface area (Å²) in [6.45, 7) is 11.8. The van der Waals surface area contributed by atoms with Gasteiger partial charge in [-0.25, -0.2) is 14.4 Å². The Morgan fingerprint density at radius 1 is 0.948 bits per heavy atom. The molecular formula is C43H53NO14. The molecule has 4 aliphatic rings. The van der Waals surface area contributed by atoms with Crippen molar-refractivity contribution in [1.82, 2.24) is 5.32 Å². The summed E-state index contributed by atoms with van der Waals surface area (Å²) in [6.07, 6.45) is -11.5. The smallest absolute Gasteiger partial charge is 0.408 e. The molecule has 1 saturated heterocycles. The first kappa shape index (κ1) is 42.9. The number of ketones is 1. The number of aliphatic hydroxyl groups excluding tert-OH is 3. The van der Waals surface area contributed by atoms with Crippen molar-refractivity contribution in [2.75, 3.05) is 6.61 Å². The number of aliphatic hydroxyl groups is 4. The first-order valence-corrected chi connectivity index (χ1v) is 19.3. The van der Waals surface area contributed by atoms with E-state index < -0.39 is 112 Å². The highest BCUT2D eigenvalue weighted by Crippen LogP contribution is 2.64. The lowest BCUT2D eigenvalue weighted by Gasteiger charge is -2.67. The largest absolute Gasteiger partial charge is 0.456 e. The molecule has 0 aromatic heterocycles. The van der Waals surface area contributed by atoms with Gasteiger partial charge in [0.25, 0.3) is 0 Å². The van der Waals surface area contributed by atoms with E-state index in [1.54, 1.807) is 83.1 Å². The molecule has 2 saturated carbocycles. The highest BCUT2D eigenvalue weighted by Gasteiger charge is 2.78. The Balaban J connectivity index is 1.49. The third kappa shape index (κ3) is 7.10. The zero-order valence-corrected chi connectivity index (χ0v) is 33.9. The van der Waals surface area contributed by atoms with Crippen LogP contribution in [0.4, 0.5) is 4.79 Å². The molecule has 3 aliphatic carbocycles. The Morgan fingerprint density at radius 3 is 2.10 bits per heavy atom. The van der Waals surface area contributed by atoms with Crippen LogP contribution in [0.5, 0.6) is 0 Å². The standard InChI is InChI=1S/C43H53NO14/c1-22-26(55-37(51)32(48)30(24-15-11-9-12-16-24)44-38(52)58-39(3,4)5)20-43(53)35(56-36(50)25-17-13-10-14-18-25)33-41(8,34(49)31(47)29(22)40(43,6)7)27(46)19-28-42(33,21-54-28)57-23(2)45/h9-18,26-28,30-33,35,46-48,53H,19-21H2,1-8H3,(H,44,52)/t26-,27-,28-,30-,31+,32+,33-,35-,41-,42-,43+/m0/s1. The van der Waals surface area contributed by atoms with Gasteiger partial charge in [-0.3, -0.25) is 9.59 Å². The average Bonchev–Trinajstić information content (AvgIpc) is 3.14. The van der Waals surface area contributed by atoms with Crippen molar-refractivity contribution in [3.8, 4) is 0 Å². The minimum absolute atomic E-state index is 0.0637. The molecule has 2 aromatic rings. The van der Waals surface area contributed by atoms with Crippen LogP contribution in [0.25, 0.3) is 0 Å². The third-order valence-electron chi connectivity index (χ3n) is 12.6. The van der Waals surface area contributed by atoms with Crippen LogP contribution in [0.2, 0.25) is 0 Å². The average molecular weight is 808 g/mol. The monoisotopic (exact) mass is 807 g/mol. The molecule has 2 aromatic carbocycles. The first-order valence-electron chi connectivity index (χ1n) is 19.3. The van der Waals surface area contributed by atoms with Gasteiger partial charge in [-0.05, 0) is 63.5 Å². The zero-order chi connectivity index (χ0) is 42.7. The summed E-state index contributed by atoms with van der Waals surface area (Å²) in [4.78, 5) is 68.9. The highest BCUT2D eigenvalue weighted by atomic mass is 16.6. The van der Waals surface area contributed by atoms with Crippen LogP contribution in [0.3, 0.4) is 0 Å². The minimum atomic E-state index is -2.35. The first-order chi connectivity index (χ1) is 27.0. The van der Waals surface area contributed by atoms with E-state index in [-0.39, 0.29) is 29.7 Å². The van der Waals surface area contributed by atoms with E-state index in [1.807, 2.05) is 0 Å². The summed E-state index contributed by atoms with van der Waals surface area (Å²) in [5.41, 5.74) is -8.14. The normalized spacial score (nSPS) is 33.7. The lowest BCUT2D eigenvalue weighted by Crippen LogP contribution is -2.81. The quantitative estimate of drug-likeness (QED) is 0.147. The number of nitrogens with one attached hydrogen (secondary N) is 1. The van der Waals surface area contributed by atoms with E-state index in [0.29, 0.717) is 5.56 Å². The number of carbonyl (C=O) groups excluding carboxylic acids is 5. The lowest BCUT2D eigenvalue weighted by molar-refractivity contribution is -0.346. The number of carbonyl (C=O) groups is 5. The molecule has 6 rings (SSSR count). The van der Waals surface area contributed by atoms with E-state index >= 15 is 0 Å². The molecule has 15 heteroatoms. The number of Topliss-reactive ketones (excluding diaryl/α,β-unsaturated/α-hetero) is 1. The van der Waals surface area contributed by atoms with Gasteiger partial charge in [0.05, 0.1) is 35.6 Å². The van der Waals surface area contributed by atoms with Gasteiger partial charge in [-0.15, -0.1) is 0 Å². The van der Waals surface area contributed by atoms with Gasteiger partial charge in [0.2, 0.25) is 0 Å². The summed E-state index contributed by atoms with van der Waals surface area (Å²) in [5, 5.41) is 51.6. The molecule has 15 nitrogen and oxygen atoms in total. The summed E-state index contributed by atoms with van der Waals surface area (Å²) in [5.74, 6) is -5.36. The molecule has 0 unspecified atom stereocenters. The Morgan fingerprint density at radius 2 is 1.55 bits per heavy atom. The number of ether oxygens (including phenoxy) is 5. The van der Waals surface area contributed by atoms with Crippen LogP contribution < -0.4 is 5.32 Å². The van der Waals surface area contributed by atoms with Crippen molar-refractivity contribution in [1.29, 1.82) is 0 Å². The maximum atomic E-state index is 14.9. The maximum absolute atomic E-state index is 14.9. The van der Waals surface area contributed by atoms with Crippen molar-refractivity contribution >= 4 is 29.8 Å². The second-order valence-corrected chi connectivity index (χ2v) is 17.6. The van der Waals surface area contributed by atoms with Crippen LogP contribution in [0.1, 0.15) is 90.2 Å². The SMILES string of the molecule is CC(=O)O[C@@]12CO[C@H]1C[C@H](O)[C@]1(C)C(=O)[C@H](O)C3=C(C)[C@@H](OC(=O)[C@H](O)[C@@H](NC(=O)OC(C)(C)C)c4ccccc4)C[C@@](O)([C@@H](OC(=O)c4ccccc4)[C@H]21)C3(C)C. The molecule has 0 spiro atoms. The molecule has 1 aliphatic heterocycles. The fraction of sp³-hybridized carbons (Fsp3) is 0.558. The third-order valence-corrected chi connectivity index (χ3v) is 12.6. The van der Waals surface area contributed by atoms with Gasteiger partial charge in [-0.2, -0.15) is 0 Å². The van der Waals surface area contributed by atoms with Crippen molar-refractivity contribution in [2.24, 2.45) is 16.7 Å². The molecule has 1 amide bonds. The highest BCUT2D eigenvalue weighted by molar-refractivity contribution is 5.94. The van der Waals surface area contributed by atoms with Gasteiger partial charge in [-0.1, -0.05) is 62.4 Å². The van der Waals surface area contributed by atoms with Crippen LogP contribution in [0.15, 0.2) is 71.8 Å². The Kier molecular flexibility index (Phi) is 11.2. The maximum Gasteiger partial charge on any atom is 0.408 e. The topological polar surface area (TPSA) is 224 Å². The number of benzene rings is 2. The summed E-state index contributed by atoms with van der Waals surface area (Å²) in [7, 11) is 0. The van der Waals surface area contributed by atoms with E-state index in [0.717, 1.165) is 6.92 Å². The van der Waals surface area contributed by atoms with Crippen LogP contribution >= 0.6 is 0 Å². The van der Waals surface area contributed by atoms with E-state index in [2.05, 4.69) is 5.32 Å². The summed E-state index contributed by atoms with van der Waals surface area (Å²) in [6, 6.07) is 14.6. The number of fused-ring (bicyclic) bond motifs is 5. The van der Waals surface area contributed by atoms with Crippen molar-refractivity contribution in [2.45, 2.75) is 128 Å². The molecule has 0 radical (unpaired) electrons. The van der Waals surface area contributed by atoms with Crippen molar-refractivity contribution < 1.29 is 68.1 Å². The fourth-order valence-corrected chi connectivity index (χ4v) is 9.56. The van der Waals surface area contributed by atoms with Gasteiger partial charge >= 0.3 is 24.0 Å². The van der Waals surface area contributed by atoms with Gasteiger partial charge in [0, 0.05) is 25.2 Å². The Hall–Kier alpha value is -4.67. The number of hydrogen-bond acceptors (Lipinski definition) is 14. The predicted octanol–water partition coefficient (Wildman–Crippen LogP) is 3.26. The van der Waals surface area contributed by atoms with E-state index in [1.165, 1.54) is 26.0 Å². The molecule has 314 valence electrons. The Labute approximate surface area is 336 Å². The van der Waals surface area contributed by atoms with Gasteiger partial charge < -0.3 is 49.4 Å². The number of esters is 3. The molecule has 5 N–H and O–H groups in total. The Bertz CT molecular complexity index is 1980. The molecule has 11 atom stereocenters. The molecule has 2 bridgehead atoms. The molecule has 1 heterocycles. The summed E-state index contributed by atoms with van der Waals surface area (Å²) >= 11 is 0. The second-order valence-electron chi connectivity index (χ2n) is 17.6. The van der Waals surface area contributed by atoms with Crippen molar-refractivity contribution in [3.05, 3.63) is 82.9 Å². The number of hydrogen-bond donors (Lipinski definition) is 5. The van der Waals surface area contributed by atoms with Crippen LogP contribution in [-0.2, 0) is 38.1 Å². The summed E-state index contributed by atoms with van der Waals surface area (Å²) < 4.78 is 29.5. The molecule has 3 fully saturated rings. The second kappa shape index (κ2) is 15.2. The van der Waals surface area contributed by atoms with Gasteiger partial charge in [0.1, 0.15) is 35.6 Å². The number of rotatable bonds is 8. The van der Waals surface area contributed by atoms with E-state index in [9.17, 15) is 44.4 Å². The van der Waals surface area contributed by atoms with E-state index in [4.69, 9.17) is 23.7 Å². The lowest BCUT2D eigenvalue weighted by atomic mass is 9.44. The van der Waals surface area contributed by atoms with Gasteiger partial charge in [0.15, 0.2) is 17.5 Å². The van der Waals surface area contributed by atoms with Crippen molar-refractivity contribution in [3.63, 3.8) is 0 Å². The minimum Gasteiger partial charge on any atom is -0.456 e. The van der Waals surface area contributed by atoms with Crippen LogP contribution in [-0.4, -0.2) is 110 Å². The molecule has 58 heavy (non-hydrogen) atoms. The number of alkyl carbamates (subject to hydrolysis) is 1. The fourth-order valence-electron chi connectivity index (χ4n) is 9.56. The molecular weight excluding hydrogens is 754 g/mol.